The van der Waals surface area contributed by atoms with Crippen LogP contribution in [0.3, 0.4) is 0 Å². The van der Waals surface area contributed by atoms with Crippen LogP contribution < -0.4 is 0 Å². The highest BCUT2D eigenvalue weighted by Gasteiger charge is 2.35. The molecule has 1 rings (SSSR count). The molecule has 1 heterocycles. The molecule has 0 saturated carbocycles. The number of aromatic nitrogens is 1. The summed E-state index contributed by atoms with van der Waals surface area (Å²) in [5.74, 6) is -0.805. The Morgan fingerprint density at radius 3 is 2.69 bits per heavy atom. The minimum atomic E-state index is -4.57. The molecular weight excluding hydrogens is 247 g/mol. The van der Waals surface area contributed by atoms with Gasteiger partial charge in [-0.05, 0) is 6.07 Å². The summed E-state index contributed by atoms with van der Waals surface area (Å²) >= 11 is 5.52. The Labute approximate surface area is 94.2 Å². The van der Waals surface area contributed by atoms with Crippen LogP contribution in [0, 0.1) is 0 Å². The second-order valence-corrected chi connectivity index (χ2v) is 3.24. The molecule has 0 unspecified atom stereocenters. The summed E-state index contributed by atoms with van der Waals surface area (Å²) in [6, 6.07) is 0.768. The second kappa shape index (κ2) is 4.69. The average Bonchev–Trinajstić information content (AvgIpc) is 2.19. The van der Waals surface area contributed by atoms with Crippen LogP contribution >= 0.6 is 11.6 Å². The summed E-state index contributed by atoms with van der Waals surface area (Å²) in [5.41, 5.74) is -1.35. The molecule has 0 bridgehead atoms. The first-order chi connectivity index (χ1) is 7.36. The van der Waals surface area contributed by atoms with Crippen molar-refractivity contribution in [1.29, 1.82) is 0 Å². The van der Waals surface area contributed by atoms with E-state index in [1.54, 1.807) is 0 Å². The number of rotatable bonds is 2. The number of hydrogen-bond donors (Lipinski definition) is 0. The lowest BCUT2D eigenvalue weighted by Gasteiger charge is -2.12. The van der Waals surface area contributed by atoms with Gasteiger partial charge in [0.25, 0.3) is 0 Å². The monoisotopic (exact) mass is 253 g/mol. The van der Waals surface area contributed by atoms with Crippen molar-refractivity contribution < 1.29 is 22.7 Å². The van der Waals surface area contributed by atoms with E-state index < -0.39 is 24.1 Å². The van der Waals surface area contributed by atoms with Crippen molar-refractivity contribution in [2.45, 2.75) is 12.6 Å². The smallest absolute Gasteiger partial charge is 0.416 e. The summed E-state index contributed by atoms with van der Waals surface area (Å²) in [7, 11) is 1.08. The molecule has 16 heavy (non-hydrogen) atoms. The topological polar surface area (TPSA) is 39.2 Å². The number of carbonyl (C=O) groups is 1. The summed E-state index contributed by atoms with van der Waals surface area (Å²) in [6.45, 7) is 0. The zero-order chi connectivity index (χ0) is 12.3. The third kappa shape index (κ3) is 2.85. The van der Waals surface area contributed by atoms with Gasteiger partial charge in [-0.3, -0.25) is 4.79 Å². The maximum atomic E-state index is 12.5. The van der Waals surface area contributed by atoms with Gasteiger partial charge < -0.3 is 4.74 Å². The van der Waals surface area contributed by atoms with Gasteiger partial charge in [0.2, 0.25) is 0 Å². The third-order valence-corrected chi connectivity index (χ3v) is 2.18. The molecule has 0 aliphatic carbocycles. The van der Waals surface area contributed by atoms with Crippen LogP contribution in [0.2, 0.25) is 5.15 Å². The number of halogens is 4. The molecule has 3 nitrogen and oxygen atoms in total. The summed E-state index contributed by atoms with van der Waals surface area (Å²) < 4.78 is 41.9. The van der Waals surface area contributed by atoms with Crippen LogP contribution in [-0.2, 0) is 22.1 Å². The number of pyridine rings is 1. The number of ether oxygens (including phenoxy) is 1. The Hall–Kier alpha value is -1.30. The van der Waals surface area contributed by atoms with E-state index >= 15 is 0 Å². The highest BCUT2D eigenvalue weighted by atomic mass is 35.5. The number of nitrogens with zero attached hydrogens (tertiary/aromatic N) is 1. The van der Waals surface area contributed by atoms with E-state index in [0.29, 0.717) is 0 Å². The number of methoxy groups -OCH3 is 1. The molecule has 0 fully saturated rings. The predicted molar refractivity (Wildman–Crippen MR) is 50.0 cm³/mol. The lowest BCUT2D eigenvalue weighted by Crippen LogP contribution is -2.14. The van der Waals surface area contributed by atoms with Gasteiger partial charge in [0.1, 0.15) is 5.15 Å². The maximum Gasteiger partial charge on any atom is 0.416 e. The Kier molecular flexibility index (Phi) is 3.74. The fourth-order valence-electron chi connectivity index (χ4n) is 1.12. The SMILES string of the molecule is COC(=O)Cc1c(C(F)(F)F)ccnc1Cl. The average molecular weight is 254 g/mol. The molecule has 0 radical (unpaired) electrons. The van der Waals surface area contributed by atoms with E-state index in [1.165, 1.54) is 0 Å². The van der Waals surface area contributed by atoms with Crippen molar-refractivity contribution in [2.24, 2.45) is 0 Å². The first-order valence-electron chi connectivity index (χ1n) is 4.13. The molecule has 7 heteroatoms. The zero-order valence-corrected chi connectivity index (χ0v) is 8.89. The Morgan fingerprint density at radius 1 is 1.56 bits per heavy atom. The van der Waals surface area contributed by atoms with Crippen LogP contribution in [-0.4, -0.2) is 18.1 Å². The Balaban J connectivity index is 3.19. The molecule has 1 aromatic rings. The van der Waals surface area contributed by atoms with Crippen molar-refractivity contribution in [3.63, 3.8) is 0 Å². The molecule has 0 saturated heterocycles. The van der Waals surface area contributed by atoms with Crippen LogP contribution in [0.4, 0.5) is 13.2 Å². The number of esters is 1. The van der Waals surface area contributed by atoms with Crippen LogP contribution in [0.5, 0.6) is 0 Å². The van der Waals surface area contributed by atoms with Gasteiger partial charge in [-0.2, -0.15) is 13.2 Å². The third-order valence-electron chi connectivity index (χ3n) is 1.86. The molecule has 88 valence electrons. The molecule has 0 aromatic carbocycles. The van der Waals surface area contributed by atoms with E-state index in [1.807, 2.05) is 0 Å². The fraction of sp³-hybridized carbons (Fsp3) is 0.333. The summed E-state index contributed by atoms with van der Waals surface area (Å²) in [4.78, 5) is 14.4. The van der Waals surface area contributed by atoms with Crippen LogP contribution in [0.15, 0.2) is 12.3 Å². The van der Waals surface area contributed by atoms with Crippen molar-refractivity contribution in [3.8, 4) is 0 Å². The summed E-state index contributed by atoms with van der Waals surface area (Å²) in [5, 5.41) is -0.347. The van der Waals surface area contributed by atoms with Crippen molar-refractivity contribution >= 4 is 17.6 Å². The van der Waals surface area contributed by atoms with Gasteiger partial charge in [-0.15, -0.1) is 0 Å². The Bertz CT molecular complexity index is 406. The van der Waals surface area contributed by atoms with Gasteiger partial charge in [0, 0.05) is 11.8 Å². The lowest BCUT2D eigenvalue weighted by molar-refractivity contribution is -0.141. The highest BCUT2D eigenvalue weighted by Crippen LogP contribution is 2.34. The first kappa shape index (κ1) is 12.8. The molecule has 1 aromatic heterocycles. The van der Waals surface area contributed by atoms with E-state index in [0.717, 1.165) is 19.4 Å². The number of carbonyl (C=O) groups excluding carboxylic acids is 1. The van der Waals surface area contributed by atoms with Gasteiger partial charge >= 0.3 is 12.1 Å². The zero-order valence-electron chi connectivity index (χ0n) is 8.14. The van der Waals surface area contributed by atoms with Crippen LogP contribution in [0.1, 0.15) is 11.1 Å². The molecular formula is C9H7ClF3NO2. The quantitative estimate of drug-likeness (QED) is 0.600. The molecule has 0 aliphatic heterocycles. The van der Waals surface area contributed by atoms with Gasteiger partial charge in [0.15, 0.2) is 0 Å². The van der Waals surface area contributed by atoms with Crippen molar-refractivity contribution in [2.75, 3.05) is 7.11 Å². The minimum Gasteiger partial charge on any atom is -0.469 e. The van der Waals surface area contributed by atoms with Crippen molar-refractivity contribution in [1.82, 2.24) is 4.98 Å². The molecule has 0 N–H and O–H groups in total. The predicted octanol–water partition coefficient (Wildman–Crippen LogP) is 2.47. The van der Waals surface area contributed by atoms with Gasteiger partial charge in [-0.25, -0.2) is 4.98 Å². The normalized spacial score (nSPS) is 11.3. The number of alkyl halides is 3. The first-order valence-corrected chi connectivity index (χ1v) is 4.51. The van der Waals surface area contributed by atoms with E-state index in [9.17, 15) is 18.0 Å². The van der Waals surface area contributed by atoms with E-state index in [-0.39, 0.29) is 10.7 Å². The van der Waals surface area contributed by atoms with E-state index in [2.05, 4.69) is 9.72 Å². The number of hydrogen-bond acceptors (Lipinski definition) is 3. The van der Waals surface area contributed by atoms with Gasteiger partial charge in [0.05, 0.1) is 19.1 Å². The van der Waals surface area contributed by atoms with Crippen LogP contribution in [0.25, 0.3) is 0 Å². The molecule has 0 amide bonds. The fourth-order valence-corrected chi connectivity index (χ4v) is 1.34. The second-order valence-electron chi connectivity index (χ2n) is 2.88. The largest absolute Gasteiger partial charge is 0.469 e. The van der Waals surface area contributed by atoms with E-state index in [4.69, 9.17) is 11.6 Å². The molecule has 0 aliphatic rings. The standard InChI is InChI=1S/C9H7ClF3NO2/c1-16-7(15)4-5-6(9(11,12)13)2-3-14-8(5)10/h2-3H,4H2,1H3. The molecule has 0 spiro atoms. The van der Waals surface area contributed by atoms with Crippen molar-refractivity contribution in [3.05, 3.63) is 28.5 Å². The van der Waals surface area contributed by atoms with Gasteiger partial charge in [-0.1, -0.05) is 11.6 Å². The lowest BCUT2D eigenvalue weighted by atomic mass is 10.1. The highest BCUT2D eigenvalue weighted by molar-refractivity contribution is 6.30. The molecule has 0 atom stereocenters. The maximum absolute atomic E-state index is 12.5. The Morgan fingerprint density at radius 2 is 2.19 bits per heavy atom. The summed E-state index contributed by atoms with van der Waals surface area (Å²) in [6.07, 6.45) is -4.19. The minimum absolute atomic E-state index is 0.347.